The van der Waals surface area contributed by atoms with Gasteiger partial charge in [-0.2, -0.15) is 0 Å². The van der Waals surface area contributed by atoms with Crippen LogP contribution in [-0.4, -0.2) is 29.8 Å². The first-order chi connectivity index (χ1) is 9.95. The molecule has 0 spiro atoms. The molecule has 1 fully saturated rings. The van der Waals surface area contributed by atoms with Crippen LogP contribution in [0.1, 0.15) is 18.4 Å². The van der Waals surface area contributed by atoms with Gasteiger partial charge in [-0.05, 0) is 24.1 Å². The second-order valence-electron chi connectivity index (χ2n) is 4.95. The summed E-state index contributed by atoms with van der Waals surface area (Å²) in [6, 6.07) is 6.03. The van der Waals surface area contributed by atoms with Crippen LogP contribution >= 0.6 is 15.9 Å². The molecule has 0 aliphatic carbocycles. The monoisotopic (exact) mass is 353 g/mol. The molecule has 0 saturated carbocycles. The van der Waals surface area contributed by atoms with Crippen molar-refractivity contribution in [3.63, 3.8) is 0 Å². The quantitative estimate of drug-likeness (QED) is 0.706. The van der Waals surface area contributed by atoms with Crippen molar-refractivity contribution in [2.24, 2.45) is 5.73 Å². The number of carbonyl (C=O) groups excluding carboxylic acids is 3. The molecule has 1 aliphatic heterocycles. The summed E-state index contributed by atoms with van der Waals surface area (Å²) in [7, 11) is 0. The van der Waals surface area contributed by atoms with Crippen molar-refractivity contribution in [2.45, 2.75) is 31.3 Å². The lowest BCUT2D eigenvalue weighted by molar-refractivity contribution is -0.129. The molecule has 2 atom stereocenters. The SMILES string of the molecule is NC(=O)[C@H](Cc1ccc(Br)cc1)NC(=O)[C@@H]1CCC(=O)N1. The fraction of sp³-hybridized carbons (Fsp3) is 0.357. The lowest BCUT2D eigenvalue weighted by Crippen LogP contribution is -2.51. The molecule has 7 heteroatoms. The topological polar surface area (TPSA) is 101 Å². The molecule has 0 unspecified atom stereocenters. The van der Waals surface area contributed by atoms with Crippen molar-refractivity contribution in [3.05, 3.63) is 34.3 Å². The molecule has 3 amide bonds. The van der Waals surface area contributed by atoms with Crippen molar-refractivity contribution in [1.82, 2.24) is 10.6 Å². The van der Waals surface area contributed by atoms with Gasteiger partial charge in [-0.1, -0.05) is 28.1 Å². The third kappa shape index (κ3) is 4.29. The van der Waals surface area contributed by atoms with Crippen LogP contribution < -0.4 is 16.4 Å². The maximum Gasteiger partial charge on any atom is 0.243 e. The minimum Gasteiger partial charge on any atom is -0.368 e. The number of nitrogens with two attached hydrogens (primary N) is 1. The van der Waals surface area contributed by atoms with Gasteiger partial charge in [0.2, 0.25) is 17.7 Å². The van der Waals surface area contributed by atoms with Gasteiger partial charge >= 0.3 is 0 Å². The van der Waals surface area contributed by atoms with E-state index in [1.807, 2.05) is 24.3 Å². The number of halogens is 1. The van der Waals surface area contributed by atoms with Crippen molar-refractivity contribution in [3.8, 4) is 0 Å². The molecule has 2 rings (SSSR count). The lowest BCUT2D eigenvalue weighted by atomic mass is 10.0. The Balaban J connectivity index is 1.99. The third-order valence-electron chi connectivity index (χ3n) is 3.32. The van der Waals surface area contributed by atoms with Gasteiger partial charge in [-0.15, -0.1) is 0 Å². The van der Waals surface area contributed by atoms with Gasteiger partial charge in [0.05, 0.1) is 0 Å². The summed E-state index contributed by atoms with van der Waals surface area (Å²) < 4.78 is 0.930. The van der Waals surface area contributed by atoms with Crippen molar-refractivity contribution in [1.29, 1.82) is 0 Å². The van der Waals surface area contributed by atoms with E-state index >= 15 is 0 Å². The summed E-state index contributed by atoms with van der Waals surface area (Å²) in [5.41, 5.74) is 6.23. The number of rotatable bonds is 5. The van der Waals surface area contributed by atoms with Crippen LogP contribution in [0, 0.1) is 0 Å². The maximum atomic E-state index is 12.0. The Kier molecular flexibility index (Phi) is 4.95. The highest BCUT2D eigenvalue weighted by molar-refractivity contribution is 9.10. The van der Waals surface area contributed by atoms with E-state index in [4.69, 9.17) is 5.73 Å². The van der Waals surface area contributed by atoms with Crippen LogP contribution in [0.2, 0.25) is 0 Å². The van der Waals surface area contributed by atoms with Crippen molar-refractivity contribution < 1.29 is 14.4 Å². The number of hydrogen-bond donors (Lipinski definition) is 3. The van der Waals surface area contributed by atoms with Gasteiger partial charge in [0.25, 0.3) is 0 Å². The molecule has 4 N–H and O–H groups in total. The third-order valence-corrected chi connectivity index (χ3v) is 3.85. The highest BCUT2D eigenvalue weighted by Crippen LogP contribution is 2.12. The Morgan fingerprint density at radius 2 is 2.05 bits per heavy atom. The van der Waals surface area contributed by atoms with Crippen LogP contribution in [-0.2, 0) is 20.8 Å². The smallest absolute Gasteiger partial charge is 0.243 e. The molecule has 0 aromatic heterocycles. The molecule has 21 heavy (non-hydrogen) atoms. The Morgan fingerprint density at radius 3 is 2.57 bits per heavy atom. The van der Waals surface area contributed by atoms with Crippen LogP contribution in [0.25, 0.3) is 0 Å². The lowest BCUT2D eigenvalue weighted by Gasteiger charge is -2.18. The molecular weight excluding hydrogens is 338 g/mol. The van der Waals surface area contributed by atoms with Gasteiger partial charge in [0.15, 0.2) is 0 Å². The zero-order chi connectivity index (χ0) is 15.4. The minimum absolute atomic E-state index is 0.154. The second kappa shape index (κ2) is 6.71. The van der Waals surface area contributed by atoms with Gasteiger partial charge < -0.3 is 16.4 Å². The molecule has 112 valence electrons. The summed E-state index contributed by atoms with van der Waals surface area (Å²) in [5, 5.41) is 5.16. The van der Waals surface area contributed by atoms with E-state index in [2.05, 4.69) is 26.6 Å². The highest BCUT2D eigenvalue weighted by Gasteiger charge is 2.29. The molecular formula is C14H16BrN3O3. The van der Waals surface area contributed by atoms with E-state index in [1.165, 1.54) is 0 Å². The van der Waals surface area contributed by atoms with E-state index in [9.17, 15) is 14.4 Å². The molecule has 0 bridgehead atoms. The zero-order valence-electron chi connectivity index (χ0n) is 11.3. The second-order valence-corrected chi connectivity index (χ2v) is 5.87. The number of nitrogens with one attached hydrogen (secondary N) is 2. The molecule has 6 nitrogen and oxygen atoms in total. The molecule has 1 heterocycles. The van der Waals surface area contributed by atoms with E-state index in [1.54, 1.807) is 0 Å². The molecule has 1 saturated heterocycles. The number of benzene rings is 1. The van der Waals surface area contributed by atoms with Gasteiger partial charge in [-0.3, -0.25) is 14.4 Å². The van der Waals surface area contributed by atoms with Crippen molar-refractivity contribution >= 4 is 33.7 Å². The van der Waals surface area contributed by atoms with E-state index < -0.39 is 18.0 Å². The van der Waals surface area contributed by atoms with Crippen LogP contribution in [0.5, 0.6) is 0 Å². The molecule has 1 aromatic carbocycles. The number of amides is 3. The first-order valence-corrected chi connectivity index (χ1v) is 7.38. The molecule has 1 aliphatic rings. The van der Waals surface area contributed by atoms with E-state index in [0.717, 1.165) is 10.0 Å². The fourth-order valence-electron chi connectivity index (χ4n) is 2.16. The van der Waals surface area contributed by atoms with E-state index in [-0.39, 0.29) is 11.8 Å². The summed E-state index contributed by atoms with van der Waals surface area (Å²) in [5.74, 6) is -1.13. The summed E-state index contributed by atoms with van der Waals surface area (Å²) in [6.45, 7) is 0. The average Bonchev–Trinajstić information content (AvgIpc) is 2.87. The summed E-state index contributed by atoms with van der Waals surface area (Å²) in [4.78, 5) is 34.6. The maximum absolute atomic E-state index is 12.0. The Morgan fingerprint density at radius 1 is 1.38 bits per heavy atom. The van der Waals surface area contributed by atoms with Crippen molar-refractivity contribution in [2.75, 3.05) is 0 Å². The molecule has 0 radical (unpaired) electrons. The molecule has 1 aromatic rings. The predicted octanol–water partition coefficient (Wildman–Crippen LogP) is 0.240. The number of primary amides is 1. The Bertz CT molecular complexity index is 559. The number of hydrogen-bond acceptors (Lipinski definition) is 3. The Labute approximate surface area is 130 Å². The normalized spacial score (nSPS) is 18.9. The minimum atomic E-state index is -0.795. The van der Waals surface area contributed by atoms with Crippen LogP contribution in [0.3, 0.4) is 0 Å². The van der Waals surface area contributed by atoms with Gasteiger partial charge in [0, 0.05) is 17.3 Å². The average molecular weight is 354 g/mol. The zero-order valence-corrected chi connectivity index (χ0v) is 12.9. The van der Waals surface area contributed by atoms with Crippen LogP contribution in [0.15, 0.2) is 28.7 Å². The van der Waals surface area contributed by atoms with Gasteiger partial charge in [0.1, 0.15) is 12.1 Å². The largest absolute Gasteiger partial charge is 0.368 e. The highest BCUT2D eigenvalue weighted by atomic mass is 79.9. The van der Waals surface area contributed by atoms with Gasteiger partial charge in [-0.25, -0.2) is 0 Å². The summed E-state index contributed by atoms with van der Waals surface area (Å²) >= 11 is 3.33. The number of carbonyl (C=O) groups is 3. The Hall–Kier alpha value is -1.89. The standard InChI is InChI=1S/C14H16BrN3O3/c15-9-3-1-8(2-4-9)7-11(13(16)20)18-14(21)10-5-6-12(19)17-10/h1-4,10-11H,5-7H2,(H2,16,20)(H,17,19)(H,18,21)/t10-,11-/m0/s1. The van der Waals surface area contributed by atoms with E-state index in [0.29, 0.717) is 19.3 Å². The first kappa shape index (κ1) is 15.5. The summed E-state index contributed by atoms with van der Waals surface area (Å²) in [6.07, 6.45) is 1.08. The van der Waals surface area contributed by atoms with Crippen LogP contribution in [0.4, 0.5) is 0 Å². The predicted molar refractivity (Wildman–Crippen MR) is 80.1 cm³/mol. The first-order valence-electron chi connectivity index (χ1n) is 6.59. The fourth-order valence-corrected chi connectivity index (χ4v) is 2.43.